The lowest BCUT2D eigenvalue weighted by Gasteiger charge is -2.43. The topological polar surface area (TPSA) is 121 Å². The van der Waals surface area contributed by atoms with E-state index in [0.717, 1.165) is 38.4 Å². The molecule has 29 heavy (non-hydrogen) atoms. The van der Waals surface area contributed by atoms with Crippen LogP contribution in [-0.2, 0) is 14.3 Å². The lowest BCUT2D eigenvalue weighted by Crippen LogP contribution is -2.53. The zero-order chi connectivity index (χ0) is 20.5. The van der Waals surface area contributed by atoms with Crippen LogP contribution in [0.3, 0.4) is 0 Å². The van der Waals surface area contributed by atoms with E-state index in [4.69, 9.17) is 19.4 Å². The highest BCUT2D eigenvalue weighted by molar-refractivity contribution is 5.94. The summed E-state index contributed by atoms with van der Waals surface area (Å²) in [6.45, 7) is 4.82. The third kappa shape index (κ3) is 5.37. The Morgan fingerprint density at radius 1 is 1.28 bits per heavy atom. The molecule has 4 heterocycles. The van der Waals surface area contributed by atoms with Gasteiger partial charge in [0.2, 0.25) is 0 Å². The molecule has 2 fully saturated rings. The molecule has 0 saturated carbocycles. The van der Waals surface area contributed by atoms with Crippen molar-refractivity contribution in [3.63, 3.8) is 0 Å². The van der Waals surface area contributed by atoms with Crippen LogP contribution in [0.15, 0.2) is 36.9 Å². The molecule has 2 N–H and O–H groups in total. The molecule has 0 bridgehead atoms. The number of hydrogen-bond donors (Lipinski definition) is 2. The zero-order valence-electron chi connectivity index (χ0n) is 16.0. The maximum absolute atomic E-state index is 13.0. The molecule has 1 amide bonds. The third-order valence-corrected chi connectivity index (χ3v) is 4.93. The smallest absolute Gasteiger partial charge is 0.290 e. The average Bonchev–Trinajstić information content (AvgIpc) is 3.30. The zero-order valence-corrected chi connectivity index (χ0v) is 16.0. The summed E-state index contributed by atoms with van der Waals surface area (Å²) in [5, 5.41) is 13.5. The number of rotatable bonds is 4. The minimum atomic E-state index is -0.250. The fourth-order valence-electron chi connectivity index (χ4n) is 3.63. The van der Waals surface area contributed by atoms with Gasteiger partial charge in [0.15, 0.2) is 0 Å². The molecule has 0 aliphatic carbocycles. The number of amides is 1. The van der Waals surface area contributed by atoms with Gasteiger partial charge in [-0.25, -0.2) is 0 Å². The number of aromatic nitrogens is 3. The van der Waals surface area contributed by atoms with E-state index in [1.807, 2.05) is 23.2 Å². The molecule has 2 aliphatic rings. The SMILES string of the molecule is O=C(c1cn[nH]c1)N1CCO[C@@H](CN2CCOCC2)[C@@H]1c1cccnc1.O=CO. The Morgan fingerprint density at radius 2 is 2.07 bits per heavy atom. The van der Waals surface area contributed by atoms with E-state index in [9.17, 15) is 4.79 Å². The summed E-state index contributed by atoms with van der Waals surface area (Å²) in [5.41, 5.74) is 1.55. The molecule has 0 aromatic carbocycles. The fraction of sp³-hybridized carbons (Fsp3) is 0.474. The van der Waals surface area contributed by atoms with Crippen molar-refractivity contribution >= 4 is 12.4 Å². The van der Waals surface area contributed by atoms with Crippen molar-refractivity contribution in [3.8, 4) is 0 Å². The van der Waals surface area contributed by atoms with Gasteiger partial charge in [-0.2, -0.15) is 5.10 Å². The minimum Gasteiger partial charge on any atom is -0.483 e. The molecule has 2 atom stereocenters. The van der Waals surface area contributed by atoms with Crippen LogP contribution < -0.4 is 0 Å². The number of carbonyl (C=O) groups excluding carboxylic acids is 1. The molecule has 2 saturated heterocycles. The Hall–Kier alpha value is -2.82. The number of nitrogens with one attached hydrogen (secondary N) is 1. The van der Waals surface area contributed by atoms with E-state index in [1.54, 1.807) is 18.6 Å². The molecule has 2 aliphatic heterocycles. The molecule has 0 spiro atoms. The van der Waals surface area contributed by atoms with Gasteiger partial charge in [-0.1, -0.05) is 6.07 Å². The van der Waals surface area contributed by atoms with Crippen LogP contribution in [0.5, 0.6) is 0 Å². The predicted molar refractivity (Wildman–Crippen MR) is 102 cm³/mol. The lowest BCUT2D eigenvalue weighted by molar-refractivity contribution is -0.122. The molecule has 10 heteroatoms. The average molecular weight is 403 g/mol. The van der Waals surface area contributed by atoms with Crippen molar-refractivity contribution in [2.24, 2.45) is 0 Å². The Morgan fingerprint density at radius 3 is 2.72 bits per heavy atom. The molecule has 10 nitrogen and oxygen atoms in total. The summed E-state index contributed by atoms with van der Waals surface area (Å²) in [7, 11) is 0. The van der Waals surface area contributed by atoms with E-state index in [-0.39, 0.29) is 24.5 Å². The largest absolute Gasteiger partial charge is 0.483 e. The third-order valence-electron chi connectivity index (χ3n) is 4.93. The highest BCUT2D eigenvalue weighted by Gasteiger charge is 2.38. The number of H-pyrrole nitrogens is 1. The van der Waals surface area contributed by atoms with E-state index in [0.29, 0.717) is 18.7 Å². The molecule has 0 unspecified atom stereocenters. The quantitative estimate of drug-likeness (QED) is 0.705. The first-order chi connectivity index (χ1) is 14.2. The second kappa shape index (κ2) is 10.6. The van der Waals surface area contributed by atoms with Crippen LogP contribution >= 0.6 is 0 Å². The van der Waals surface area contributed by atoms with Crippen molar-refractivity contribution in [1.29, 1.82) is 0 Å². The van der Waals surface area contributed by atoms with Gasteiger partial charge >= 0.3 is 0 Å². The minimum absolute atomic E-state index is 0.0390. The first-order valence-corrected chi connectivity index (χ1v) is 9.43. The molecule has 156 valence electrons. The van der Waals surface area contributed by atoms with E-state index >= 15 is 0 Å². The van der Waals surface area contributed by atoms with Gasteiger partial charge in [0.25, 0.3) is 12.4 Å². The van der Waals surface area contributed by atoms with Crippen LogP contribution in [-0.4, -0.2) is 94.6 Å². The van der Waals surface area contributed by atoms with Crippen molar-refractivity contribution in [1.82, 2.24) is 25.0 Å². The van der Waals surface area contributed by atoms with Gasteiger partial charge in [0.1, 0.15) is 0 Å². The number of ether oxygens (including phenoxy) is 2. The standard InChI is InChI=1S/C18H23N5O3.CH2O2/c24-18(15-11-20-21-12-15)23-6-9-26-16(13-22-4-7-25-8-5-22)17(23)14-2-1-3-19-10-14;2-1-3/h1-3,10-12,16-17H,4-9,13H2,(H,20,21);1H,(H,2,3)/t16-,17-;/m0./s1. The number of carbonyl (C=O) groups is 2. The Kier molecular flexibility index (Phi) is 7.68. The molecular formula is C19H25N5O5. The maximum atomic E-state index is 13.0. The van der Waals surface area contributed by atoms with E-state index in [1.165, 1.54) is 0 Å². The second-order valence-electron chi connectivity index (χ2n) is 6.64. The second-order valence-corrected chi connectivity index (χ2v) is 6.64. The Labute approximate surface area is 168 Å². The lowest BCUT2D eigenvalue weighted by atomic mass is 9.98. The predicted octanol–water partition coefficient (Wildman–Crippen LogP) is 0.420. The van der Waals surface area contributed by atoms with Crippen LogP contribution in [0.4, 0.5) is 0 Å². The molecule has 2 aromatic rings. The summed E-state index contributed by atoms with van der Waals surface area (Å²) in [5.74, 6) is -0.0390. The van der Waals surface area contributed by atoms with Crippen molar-refractivity contribution < 1.29 is 24.2 Å². The number of carboxylic acid groups (broad SMARTS) is 1. The monoisotopic (exact) mass is 403 g/mol. The van der Waals surface area contributed by atoms with Crippen LogP contribution in [0.25, 0.3) is 0 Å². The molecule has 0 radical (unpaired) electrons. The highest BCUT2D eigenvalue weighted by Crippen LogP contribution is 2.31. The first kappa shape index (κ1) is 20.9. The molecule has 4 rings (SSSR count). The van der Waals surface area contributed by atoms with E-state index in [2.05, 4.69) is 20.1 Å². The summed E-state index contributed by atoms with van der Waals surface area (Å²) < 4.78 is 11.6. The Balaban J connectivity index is 0.000000755. The molecule has 2 aromatic heterocycles. The Bertz CT molecular complexity index is 752. The number of pyridine rings is 1. The van der Waals surface area contributed by atoms with Gasteiger partial charge < -0.3 is 19.5 Å². The van der Waals surface area contributed by atoms with Gasteiger partial charge in [0, 0.05) is 44.8 Å². The van der Waals surface area contributed by atoms with Crippen LogP contribution in [0.1, 0.15) is 22.0 Å². The number of aromatic amines is 1. The molecular weight excluding hydrogens is 378 g/mol. The first-order valence-electron chi connectivity index (χ1n) is 9.43. The van der Waals surface area contributed by atoms with Crippen LogP contribution in [0.2, 0.25) is 0 Å². The van der Waals surface area contributed by atoms with Gasteiger partial charge in [-0.15, -0.1) is 0 Å². The van der Waals surface area contributed by atoms with Crippen molar-refractivity contribution in [3.05, 3.63) is 48.0 Å². The van der Waals surface area contributed by atoms with E-state index < -0.39 is 0 Å². The normalized spacial score (nSPS) is 22.4. The van der Waals surface area contributed by atoms with Crippen molar-refractivity contribution in [2.75, 3.05) is 46.0 Å². The fourth-order valence-corrected chi connectivity index (χ4v) is 3.63. The maximum Gasteiger partial charge on any atom is 0.290 e. The van der Waals surface area contributed by atoms with Gasteiger partial charge in [0.05, 0.1) is 43.7 Å². The summed E-state index contributed by atoms with van der Waals surface area (Å²) in [6.07, 6.45) is 6.65. The number of hydrogen-bond acceptors (Lipinski definition) is 7. The number of morpholine rings is 2. The number of nitrogens with zero attached hydrogens (tertiary/aromatic N) is 4. The summed E-state index contributed by atoms with van der Waals surface area (Å²) >= 11 is 0. The summed E-state index contributed by atoms with van der Waals surface area (Å²) in [6, 6.07) is 3.73. The van der Waals surface area contributed by atoms with Crippen molar-refractivity contribution in [2.45, 2.75) is 12.1 Å². The van der Waals surface area contributed by atoms with Gasteiger partial charge in [-0.05, 0) is 11.6 Å². The van der Waals surface area contributed by atoms with Crippen LogP contribution in [0, 0.1) is 0 Å². The van der Waals surface area contributed by atoms with Gasteiger partial charge in [-0.3, -0.25) is 24.6 Å². The highest BCUT2D eigenvalue weighted by atomic mass is 16.5. The summed E-state index contributed by atoms with van der Waals surface area (Å²) in [4.78, 5) is 29.9.